The normalized spacial score (nSPS) is 15.9. The average molecular weight is 382 g/mol. The van der Waals surface area contributed by atoms with Crippen LogP contribution in [-0.4, -0.2) is 37.7 Å². The summed E-state index contributed by atoms with van der Waals surface area (Å²) in [6.07, 6.45) is 2.04. The summed E-state index contributed by atoms with van der Waals surface area (Å²) >= 11 is 0. The van der Waals surface area contributed by atoms with Gasteiger partial charge in [0.05, 0.1) is 17.4 Å². The lowest BCUT2D eigenvalue weighted by molar-refractivity contribution is -0.118. The molecule has 1 saturated heterocycles. The molecule has 0 aliphatic carbocycles. The van der Waals surface area contributed by atoms with Crippen molar-refractivity contribution in [2.24, 2.45) is 0 Å². The molecule has 1 aliphatic heterocycles. The quantitative estimate of drug-likeness (QED) is 0.771. The van der Waals surface area contributed by atoms with Gasteiger partial charge in [-0.2, -0.15) is 0 Å². The van der Waals surface area contributed by atoms with Crippen molar-refractivity contribution in [1.82, 2.24) is 5.32 Å². The van der Waals surface area contributed by atoms with Crippen LogP contribution in [0.1, 0.15) is 34.3 Å². The van der Waals surface area contributed by atoms with Crippen molar-refractivity contribution in [3.05, 3.63) is 59.2 Å². The van der Waals surface area contributed by atoms with Crippen molar-refractivity contribution in [3.8, 4) is 5.75 Å². The lowest BCUT2D eigenvalue weighted by Crippen LogP contribution is -2.32. The smallest absolute Gasteiger partial charge is 0.262 e. The van der Waals surface area contributed by atoms with Gasteiger partial charge in [-0.1, -0.05) is 18.2 Å². The van der Waals surface area contributed by atoms with E-state index in [-0.39, 0.29) is 24.5 Å². The zero-order chi connectivity index (χ0) is 19.9. The Hall–Kier alpha value is -2.86. The van der Waals surface area contributed by atoms with Crippen molar-refractivity contribution in [2.45, 2.75) is 32.8 Å². The monoisotopic (exact) mass is 382 g/mol. The fraction of sp³-hybridized carbons (Fsp3) is 0.364. The minimum Gasteiger partial charge on any atom is -0.484 e. The molecule has 6 nitrogen and oxygen atoms in total. The molecule has 0 bridgehead atoms. The predicted octanol–water partition coefficient (Wildman–Crippen LogP) is 3.23. The molecule has 1 heterocycles. The molecule has 0 unspecified atom stereocenters. The van der Waals surface area contributed by atoms with E-state index < -0.39 is 0 Å². The van der Waals surface area contributed by atoms with Gasteiger partial charge in [-0.05, 0) is 62.1 Å². The molecule has 2 amide bonds. The van der Waals surface area contributed by atoms with E-state index in [4.69, 9.17) is 9.47 Å². The lowest BCUT2D eigenvalue weighted by Gasteiger charge is -2.14. The van der Waals surface area contributed by atoms with Crippen LogP contribution in [0.15, 0.2) is 42.5 Å². The van der Waals surface area contributed by atoms with Crippen LogP contribution >= 0.6 is 0 Å². The standard InChI is InChI=1S/C22H26N2O4/c1-15-10-16(2)12-18(11-15)28-14-21(25)24-20-8-4-3-7-19(20)22(26)23-13-17-6-5-9-27-17/h3-4,7-8,10-12,17H,5-6,9,13-14H2,1-2H3,(H,23,26)(H,24,25)/t17-/m0/s1. The van der Waals surface area contributed by atoms with Gasteiger partial charge in [0, 0.05) is 13.2 Å². The number of hydrogen-bond acceptors (Lipinski definition) is 4. The van der Waals surface area contributed by atoms with Crippen molar-refractivity contribution >= 4 is 17.5 Å². The van der Waals surface area contributed by atoms with E-state index in [9.17, 15) is 9.59 Å². The number of aryl methyl sites for hydroxylation is 2. The van der Waals surface area contributed by atoms with Crippen LogP contribution in [0.25, 0.3) is 0 Å². The number of benzene rings is 2. The molecule has 1 fully saturated rings. The average Bonchev–Trinajstić information content (AvgIpc) is 3.18. The Bertz CT molecular complexity index is 824. The number of para-hydroxylation sites is 1. The van der Waals surface area contributed by atoms with E-state index in [1.54, 1.807) is 24.3 Å². The van der Waals surface area contributed by atoms with E-state index in [2.05, 4.69) is 10.6 Å². The molecule has 1 aliphatic rings. The molecule has 1 atom stereocenters. The van der Waals surface area contributed by atoms with Gasteiger partial charge in [0.1, 0.15) is 5.75 Å². The molecule has 3 rings (SSSR count). The Kier molecular flexibility index (Phi) is 6.66. The second-order valence-corrected chi connectivity index (χ2v) is 7.05. The number of carbonyl (C=O) groups excluding carboxylic acids is 2. The van der Waals surface area contributed by atoms with Crippen LogP contribution in [0.2, 0.25) is 0 Å². The highest BCUT2D eigenvalue weighted by molar-refractivity contribution is 6.04. The van der Waals surface area contributed by atoms with Crippen molar-refractivity contribution < 1.29 is 19.1 Å². The molecule has 2 N–H and O–H groups in total. The molecule has 2 aromatic rings. The molecular formula is C22H26N2O4. The fourth-order valence-electron chi connectivity index (χ4n) is 3.25. The van der Waals surface area contributed by atoms with Gasteiger partial charge >= 0.3 is 0 Å². The van der Waals surface area contributed by atoms with Crippen LogP contribution in [0, 0.1) is 13.8 Å². The van der Waals surface area contributed by atoms with Gasteiger partial charge in [0.15, 0.2) is 6.61 Å². The number of ether oxygens (including phenoxy) is 2. The van der Waals surface area contributed by atoms with Crippen LogP contribution < -0.4 is 15.4 Å². The molecule has 28 heavy (non-hydrogen) atoms. The summed E-state index contributed by atoms with van der Waals surface area (Å²) in [5.41, 5.74) is 3.02. The summed E-state index contributed by atoms with van der Waals surface area (Å²) in [5, 5.41) is 5.64. The largest absolute Gasteiger partial charge is 0.484 e. The Morgan fingerprint density at radius 3 is 2.61 bits per heavy atom. The van der Waals surface area contributed by atoms with E-state index in [0.29, 0.717) is 23.5 Å². The first kappa shape index (κ1) is 19.9. The highest BCUT2D eigenvalue weighted by Gasteiger charge is 2.18. The number of anilines is 1. The van der Waals surface area contributed by atoms with Gasteiger partial charge in [0.25, 0.3) is 11.8 Å². The highest BCUT2D eigenvalue weighted by atomic mass is 16.5. The Labute approximate surface area is 165 Å². The van der Waals surface area contributed by atoms with Gasteiger partial charge < -0.3 is 20.1 Å². The first-order valence-corrected chi connectivity index (χ1v) is 9.51. The zero-order valence-corrected chi connectivity index (χ0v) is 16.3. The van der Waals surface area contributed by atoms with Gasteiger partial charge in [-0.25, -0.2) is 0 Å². The second kappa shape index (κ2) is 9.37. The summed E-state index contributed by atoms with van der Waals surface area (Å²) < 4.78 is 11.1. The van der Waals surface area contributed by atoms with Crippen molar-refractivity contribution in [1.29, 1.82) is 0 Å². The minimum absolute atomic E-state index is 0.0666. The third-order valence-electron chi connectivity index (χ3n) is 4.53. The molecule has 0 radical (unpaired) electrons. The number of amides is 2. The molecule has 148 valence electrons. The number of hydrogen-bond donors (Lipinski definition) is 2. The van der Waals surface area contributed by atoms with Crippen LogP contribution in [-0.2, 0) is 9.53 Å². The molecule has 0 aromatic heterocycles. The summed E-state index contributed by atoms with van der Waals surface area (Å²) in [6, 6.07) is 12.7. The number of rotatable bonds is 7. The van der Waals surface area contributed by atoms with E-state index in [1.807, 2.05) is 32.0 Å². The van der Waals surface area contributed by atoms with E-state index in [0.717, 1.165) is 30.6 Å². The summed E-state index contributed by atoms with van der Waals surface area (Å²) in [7, 11) is 0. The topological polar surface area (TPSA) is 76.7 Å². The predicted molar refractivity (Wildman–Crippen MR) is 108 cm³/mol. The molecule has 0 spiro atoms. The summed E-state index contributed by atoms with van der Waals surface area (Å²) in [6.45, 7) is 5.04. The fourth-order valence-corrected chi connectivity index (χ4v) is 3.25. The van der Waals surface area contributed by atoms with Crippen LogP contribution in [0.3, 0.4) is 0 Å². The first-order valence-electron chi connectivity index (χ1n) is 9.51. The van der Waals surface area contributed by atoms with Crippen molar-refractivity contribution in [3.63, 3.8) is 0 Å². The summed E-state index contributed by atoms with van der Waals surface area (Å²) in [4.78, 5) is 24.8. The Balaban J connectivity index is 1.57. The maximum atomic E-state index is 12.5. The Morgan fingerprint density at radius 1 is 1.14 bits per heavy atom. The maximum absolute atomic E-state index is 12.5. The molecule has 6 heteroatoms. The SMILES string of the molecule is Cc1cc(C)cc(OCC(=O)Nc2ccccc2C(=O)NC[C@@H]2CCCO2)c1. The summed E-state index contributed by atoms with van der Waals surface area (Å²) in [5.74, 6) is 0.0930. The molecular weight excluding hydrogens is 356 g/mol. The van der Waals surface area contributed by atoms with Crippen LogP contribution in [0.4, 0.5) is 5.69 Å². The number of carbonyl (C=O) groups is 2. The minimum atomic E-state index is -0.321. The molecule has 0 saturated carbocycles. The molecule has 2 aromatic carbocycles. The van der Waals surface area contributed by atoms with Gasteiger partial charge in [0.2, 0.25) is 0 Å². The third kappa shape index (κ3) is 5.57. The van der Waals surface area contributed by atoms with Crippen molar-refractivity contribution in [2.75, 3.05) is 25.1 Å². The lowest BCUT2D eigenvalue weighted by atomic mass is 10.1. The Morgan fingerprint density at radius 2 is 1.89 bits per heavy atom. The van der Waals surface area contributed by atoms with Crippen LogP contribution in [0.5, 0.6) is 5.75 Å². The number of nitrogens with one attached hydrogen (secondary N) is 2. The first-order chi connectivity index (χ1) is 13.5. The maximum Gasteiger partial charge on any atom is 0.262 e. The second-order valence-electron chi connectivity index (χ2n) is 7.05. The highest BCUT2D eigenvalue weighted by Crippen LogP contribution is 2.18. The van der Waals surface area contributed by atoms with E-state index in [1.165, 1.54) is 0 Å². The third-order valence-corrected chi connectivity index (χ3v) is 4.53. The van der Waals surface area contributed by atoms with Gasteiger partial charge in [-0.3, -0.25) is 9.59 Å². The van der Waals surface area contributed by atoms with E-state index >= 15 is 0 Å². The zero-order valence-electron chi connectivity index (χ0n) is 16.3. The van der Waals surface area contributed by atoms with Gasteiger partial charge in [-0.15, -0.1) is 0 Å².